The molecule has 0 bridgehead atoms. The van der Waals surface area contributed by atoms with E-state index < -0.39 is 5.79 Å². The smallest absolute Gasteiger partial charge is 0.190 e. The molecule has 1 aromatic carbocycles. The fourth-order valence-electron chi connectivity index (χ4n) is 4.27. The largest absolute Gasteiger partial charge is 0.401 e. The molecule has 1 aliphatic heterocycles. The number of nitrogens with two attached hydrogens (primary N) is 2. The molecule has 1 unspecified atom stereocenters. The second-order valence-electron chi connectivity index (χ2n) is 7.72. The maximum atomic E-state index is 9.91. The summed E-state index contributed by atoms with van der Waals surface area (Å²) in [7, 11) is 0. The van der Waals surface area contributed by atoms with Crippen LogP contribution in [0.5, 0.6) is 0 Å². The number of ether oxygens (including phenoxy) is 2. The highest BCUT2D eigenvalue weighted by Gasteiger charge is 2.49. The number of halogens is 1. The van der Waals surface area contributed by atoms with Gasteiger partial charge in [0.2, 0.25) is 0 Å². The average Bonchev–Trinajstić information content (AvgIpc) is 3.49. The van der Waals surface area contributed by atoms with Gasteiger partial charge in [-0.25, -0.2) is 0 Å². The van der Waals surface area contributed by atoms with Crippen molar-refractivity contribution in [1.29, 1.82) is 5.26 Å². The van der Waals surface area contributed by atoms with Gasteiger partial charge in [-0.15, -0.1) is 0 Å². The molecule has 2 fully saturated rings. The minimum atomic E-state index is -0.586. The van der Waals surface area contributed by atoms with E-state index in [0.717, 1.165) is 30.4 Å². The first kappa shape index (κ1) is 21.2. The molecule has 1 spiro atoms. The highest BCUT2D eigenvalue weighted by atomic mass is 35.5. The van der Waals surface area contributed by atoms with E-state index in [4.69, 9.17) is 32.5 Å². The van der Waals surface area contributed by atoms with Gasteiger partial charge in [-0.3, -0.25) is 4.68 Å². The summed E-state index contributed by atoms with van der Waals surface area (Å²) in [5.74, 6) is -0.586. The predicted octanol–water partition coefficient (Wildman–Crippen LogP) is 3.53. The zero-order valence-electron chi connectivity index (χ0n) is 17.3. The standard InChI is InChI=1S/C22H25ClN6O2/c1-14(25)19(10-21(23)26)28-18-5-2-4-16(17(18)11-24)15-12-27-29(13-15)20-6-3-7-22(20)30-8-9-31-22/h2,4-5,10,12-13,20,28H,3,6-9,25-26H2,1H3/b19-14+,21-10?. The summed E-state index contributed by atoms with van der Waals surface area (Å²) in [4.78, 5) is 0. The number of aromatic nitrogens is 2. The highest BCUT2D eigenvalue weighted by Crippen LogP contribution is 2.45. The molecular weight excluding hydrogens is 416 g/mol. The first-order valence-electron chi connectivity index (χ1n) is 10.1. The minimum absolute atomic E-state index is 0.0156. The molecule has 5 N–H and O–H groups in total. The van der Waals surface area contributed by atoms with Crippen molar-refractivity contribution in [3.05, 3.63) is 58.8 Å². The molecule has 4 rings (SSSR count). The van der Waals surface area contributed by atoms with E-state index in [0.29, 0.717) is 35.9 Å². The molecule has 2 aromatic rings. The highest BCUT2D eigenvalue weighted by molar-refractivity contribution is 6.29. The fraction of sp³-hybridized carbons (Fsp3) is 0.364. The van der Waals surface area contributed by atoms with E-state index in [-0.39, 0.29) is 11.2 Å². The second kappa shape index (κ2) is 8.63. The van der Waals surface area contributed by atoms with Crippen LogP contribution in [0.25, 0.3) is 11.1 Å². The summed E-state index contributed by atoms with van der Waals surface area (Å²) in [5, 5.41) is 17.7. The van der Waals surface area contributed by atoms with Crippen molar-refractivity contribution in [2.24, 2.45) is 11.5 Å². The Balaban J connectivity index is 1.67. The third-order valence-corrected chi connectivity index (χ3v) is 5.78. The Morgan fingerprint density at radius 3 is 2.84 bits per heavy atom. The normalized spacial score (nSPS) is 21.2. The zero-order chi connectivity index (χ0) is 22.0. The van der Waals surface area contributed by atoms with Crippen LogP contribution in [0.15, 0.2) is 53.2 Å². The Kier molecular flexibility index (Phi) is 5.92. The van der Waals surface area contributed by atoms with Crippen molar-refractivity contribution in [3.63, 3.8) is 0 Å². The lowest BCUT2D eigenvalue weighted by molar-refractivity contribution is -0.177. The molecule has 31 heavy (non-hydrogen) atoms. The van der Waals surface area contributed by atoms with Gasteiger partial charge in [0.25, 0.3) is 0 Å². The molecule has 162 valence electrons. The number of rotatable bonds is 5. The van der Waals surface area contributed by atoms with E-state index in [1.54, 1.807) is 19.2 Å². The lowest BCUT2D eigenvalue weighted by atomic mass is 10.0. The van der Waals surface area contributed by atoms with Crippen molar-refractivity contribution in [2.75, 3.05) is 18.5 Å². The van der Waals surface area contributed by atoms with E-state index >= 15 is 0 Å². The Hall–Kier alpha value is -2.99. The first-order valence-corrected chi connectivity index (χ1v) is 10.5. The van der Waals surface area contributed by atoms with E-state index in [9.17, 15) is 5.26 Å². The average molecular weight is 441 g/mol. The van der Waals surface area contributed by atoms with Crippen LogP contribution in [0.4, 0.5) is 5.69 Å². The van der Waals surface area contributed by atoms with Crippen LogP contribution in [0.3, 0.4) is 0 Å². The van der Waals surface area contributed by atoms with Gasteiger partial charge in [-0.1, -0.05) is 23.7 Å². The van der Waals surface area contributed by atoms with Crippen LogP contribution in [-0.2, 0) is 9.47 Å². The molecule has 1 atom stereocenters. The van der Waals surface area contributed by atoms with Crippen molar-refractivity contribution in [1.82, 2.24) is 9.78 Å². The van der Waals surface area contributed by atoms with Crippen LogP contribution in [0.1, 0.15) is 37.8 Å². The summed E-state index contributed by atoms with van der Waals surface area (Å²) in [5.41, 5.74) is 15.2. The SMILES string of the molecule is C/C(N)=C(/C=C(N)Cl)Nc1cccc(-c2cnn(C3CCCC34OCCO4)c2)c1C#N. The van der Waals surface area contributed by atoms with E-state index in [2.05, 4.69) is 16.5 Å². The first-order chi connectivity index (χ1) is 14.9. The maximum Gasteiger partial charge on any atom is 0.190 e. The van der Waals surface area contributed by atoms with Gasteiger partial charge in [0.15, 0.2) is 5.79 Å². The Labute approximate surface area is 186 Å². The van der Waals surface area contributed by atoms with Crippen LogP contribution < -0.4 is 16.8 Å². The summed E-state index contributed by atoms with van der Waals surface area (Å²) < 4.78 is 13.8. The molecule has 1 saturated heterocycles. The molecule has 2 heterocycles. The van der Waals surface area contributed by atoms with Crippen molar-refractivity contribution in [2.45, 2.75) is 38.0 Å². The van der Waals surface area contributed by atoms with E-state index in [1.807, 2.05) is 23.0 Å². The number of anilines is 1. The number of hydrogen-bond acceptors (Lipinski definition) is 7. The minimum Gasteiger partial charge on any atom is -0.401 e. The Morgan fingerprint density at radius 2 is 2.16 bits per heavy atom. The Bertz CT molecular complexity index is 1060. The molecule has 1 saturated carbocycles. The quantitative estimate of drug-likeness (QED) is 0.479. The number of allylic oxidation sites excluding steroid dienone is 2. The van der Waals surface area contributed by atoms with Gasteiger partial charge in [-0.05, 0) is 31.9 Å². The second-order valence-corrected chi connectivity index (χ2v) is 8.15. The van der Waals surface area contributed by atoms with Gasteiger partial charge in [0.05, 0.1) is 36.4 Å². The van der Waals surface area contributed by atoms with Gasteiger partial charge >= 0.3 is 0 Å². The summed E-state index contributed by atoms with van der Waals surface area (Å²) in [6.07, 6.45) is 8.05. The number of nitriles is 1. The van der Waals surface area contributed by atoms with Crippen molar-refractivity contribution in [3.8, 4) is 17.2 Å². The molecule has 0 amide bonds. The van der Waals surface area contributed by atoms with Crippen molar-refractivity contribution < 1.29 is 9.47 Å². The lowest BCUT2D eigenvalue weighted by Crippen LogP contribution is -2.36. The number of nitrogens with zero attached hydrogens (tertiary/aromatic N) is 3. The topological polar surface area (TPSA) is 124 Å². The molecule has 1 aromatic heterocycles. The van der Waals surface area contributed by atoms with Crippen LogP contribution >= 0.6 is 11.6 Å². The summed E-state index contributed by atoms with van der Waals surface area (Å²) in [6.45, 7) is 2.94. The Morgan fingerprint density at radius 1 is 1.39 bits per heavy atom. The molecule has 8 nitrogen and oxygen atoms in total. The summed E-state index contributed by atoms with van der Waals surface area (Å²) in [6, 6.07) is 7.87. The monoisotopic (exact) mass is 440 g/mol. The maximum absolute atomic E-state index is 9.91. The third-order valence-electron chi connectivity index (χ3n) is 5.67. The molecule has 0 radical (unpaired) electrons. The van der Waals surface area contributed by atoms with Crippen molar-refractivity contribution >= 4 is 17.3 Å². The molecule has 1 aliphatic carbocycles. The summed E-state index contributed by atoms with van der Waals surface area (Å²) >= 11 is 5.81. The van der Waals surface area contributed by atoms with E-state index in [1.165, 1.54) is 6.08 Å². The van der Waals surface area contributed by atoms with Gasteiger partial charge in [0, 0.05) is 29.4 Å². The number of hydrogen-bond donors (Lipinski definition) is 3. The molecular formula is C22H25ClN6O2. The lowest BCUT2D eigenvalue weighted by Gasteiger charge is -2.29. The third kappa shape index (κ3) is 4.12. The predicted molar refractivity (Wildman–Crippen MR) is 119 cm³/mol. The fourth-order valence-corrected chi connectivity index (χ4v) is 4.38. The van der Waals surface area contributed by atoms with Crippen LogP contribution in [0.2, 0.25) is 0 Å². The van der Waals surface area contributed by atoms with Crippen LogP contribution in [0, 0.1) is 11.3 Å². The van der Waals surface area contributed by atoms with Gasteiger partial charge in [-0.2, -0.15) is 10.4 Å². The zero-order valence-corrected chi connectivity index (χ0v) is 18.0. The molecule has 9 heteroatoms. The molecule has 2 aliphatic rings. The van der Waals surface area contributed by atoms with Gasteiger partial charge < -0.3 is 26.3 Å². The number of benzene rings is 1. The number of nitrogens with one attached hydrogen (secondary N) is 1. The van der Waals surface area contributed by atoms with Gasteiger partial charge in [0.1, 0.15) is 17.3 Å². The van der Waals surface area contributed by atoms with Crippen LogP contribution in [-0.4, -0.2) is 28.8 Å².